The van der Waals surface area contributed by atoms with E-state index in [-0.39, 0.29) is 30.7 Å². The SMILES string of the molecule is CC1CCN(C(=O)Cn2cc(Br)ccc2=O)C1CO. The molecule has 104 valence electrons. The fraction of sp³-hybridized carbons (Fsp3) is 0.538. The minimum Gasteiger partial charge on any atom is -0.394 e. The maximum absolute atomic E-state index is 12.2. The Balaban J connectivity index is 2.13. The van der Waals surface area contributed by atoms with E-state index < -0.39 is 0 Å². The van der Waals surface area contributed by atoms with Gasteiger partial charge in [-0.2, -0.15) is 0 Å². The van der Waals surface area contributed by atoms with Crippen molar-refractivity contribution in [3.05, 3.63) is 33.2 Å². The van der Waals surface area contributed by atoms with Gasteiger partial charge in [0.2, 0.25) is 5.91 Å². The Bertz CT molecular complexity index is 529. The molecule has 0 radical (unpaired) electrons. The van der Waals surface area contributed by atoms with Crippen LogP contribution in [0.3, 0.4) is 0 Å². The van der Waals surface area contributed by atoms with Crippen LogP contribution in [0.4, 0.5) is 0 Å². The molecule has 5 nitrogen and oxygen atoms in total. The zero-order chi connectivity index (χ0) is 14.0. The van der Waals surface area contributed by atoms with E-state index in [9.17, 15) is 14.7 Å². The molecule has 1 fully saturated rings. The van der Waals surface area contributed by atoms with Crippen LogP contribution in [0.2, 0.25) is 0 Å². The zero-order valence-corrected chi connectivity index (χ0v) is 12.3. The fourth-order valence-corrected chi connectivity index (χ4v) is 2.84. The molecular weight excluding hydrogens is 312 g/mol. The van der Waals surface area contributed by atoms with E-state index >= 15 is 0 Å². The second-order valence-electron chi connectivity index (χ2n) is 4.92. The number of carbonyl (C=O) groups excluding carboxylic acids is 1. The maximum atomic E-state index is 12.2. The number of pyridine rings is 1. The average molecular weight is 329 g/mol. The highest BCUT2D eigenvalue weighted by Gasteiger charge is 2.33. The number of nitrogens with zero attached hydrogens (tertiary/aromatic N) is 2. The van der Waals surface area contributed by atoms with Crippen LogP contribution in [0.25, 0.3) is 0 Å². The molecule has 1 aliphatic rings. The molecule has 0 bridgehead atoms. The topological polar surface area (TPSA) is 62.5 Å². The van der Waals surface area contributed by atoms with Crippen LogP contribution in [0.15, 0.2) is 27.6 Å². The molecule has 1 aliphatic heterocycles. The molecule has 1 saturated heterocycles. The summed E-state index contributed by atoms with van der Waals surface area (Å²) in [5.74, 6) is 0.178. The summed E-state index contributed by atoms with van der Waals surface area (Å²) in [6, 6.07) is 2.95. The number of likely N-dealkylation sites (tertiary alicyclic amines) is 1. The molecule has 0 aromatic carbocycles. The summed E-state index contributed by atoms with van der Waals surface area (Å²) >= 11 is 3.28. The first-order valence-electron chi connectivity index (χ1n) is 6.29. The summed E-state index contributed by atoms with van der Waals surface area (Å²) in [4.78, 5) is 25.6. The van der Waals surface area contributed by atoms with Crippen LogP contribution in [0.5, 0.6) is 0 Å². The molecule has 1 aromatic heterocycles. The molecule has 2 heterocycles. The first-order chi connectivity index (χ1) is 9.02. The van der Waals surface area contributed by atoms with Gasteiger partial charge in [0.15, 0.2) is 0 Å². The van der Waals surface area contributed by atoms with Crippen molar-refractivity contribution in [1.29, 1.82) is 0 Å². The van der Waals surface area contributed by atoms with Gasteiger partial charge in [0, 0.05) is 23.3 Å². The highest BCUT2D eigenvalue weighted by Crippen LogP contribution is 2.23. The Morgan fingerprint density at radius 3 is 2.95 bits per heavy atom. The Kier molecular flexibility index (Phi) is 4.42. The normalized spacial score (nSPS) is 22.8. The zero-order valence-electron chi connectivity index (χ0n) is 10.8. The Morgan fingerprint density at radius 1 is 1.53 bits per heavy atom. The highest BCUT2D eigenvalue weighted by molar-refractivity contribution is 9.10. The van der Waals surface area contributed by atoms with Crippen molar-refractivity contribution in [2.45, 2.75) is 25.9 Å². The van der Waals surface area contributed by atoms with Gasteiger partial charge < -0.3 is 14.6 Å². The third kappa shape index (κ3) is 3.06. The van der Waals surface area contributed by atoms with Crippen LogP contribution >= 0.6 is 15.9 Å². The summed E-state index contributed by atoms with van der Waals surface area (Å²) in [5.41, 5.74) is -0.204. The van der Waals surface area contributed by atoms with Gasteiger partial charge in [-0.05, 0) is 34.3 Å². The minimum atomic E-state index is -0.204. The molecule has 2 atom stereocenters. The largest absolute Gasteiger partial charge is 0.394 e. The number of aliphatic hydroxyl groups is 1. The van der Waals surface area contributed by atoms with Gasteiger partial charge in [-0.1, -0.05) is 6.92 Å². The Morgan fingerprint density at radius 2 is 2.26 bits per heavy atom. The molecule has 1 aromatic rings. The average Bonchev–Trinajstić information content (AvgIpc) is 2.75. The lowest BCUT2D eigenvalue weighted by Gasteiger charge is -2.25. The van der Waals surface area contributed by atoms with Crippen molar-refractivity contribution in [3.8, 4) is 0 Å². The van der Waals surface area contributed by atoms with Gasteiger partial charge in [-0.3, -0.25) is 9.59 Å². The second kappa shape index (κ2) is 5.88. The van der Waals surface area contributed by atoms with Crippen molar-refractivity contribution in [2.24, 2.45) is 5.92 Å². The third-order valence-corrected chi connectivity index (χ3v) is 4.11. The van der Waals surface area contributed by atoms with Crippen molar-refractivity contribution < 1.29 is 9.90 Å². The second-order valence-corrected chi connectivity index (χ2v) is 5.83. The fourth-order valence-electron chi connectivity index (χ4n) is 2.46. The van der Waals surface area contributed by atoms with Crippen molar-refractivity contribution in [3.63, 3.8) is 0 Å². The molecule has 2 rings (SSSR count). The minimum absolute atomic E-state index is 0.0154. The summed E-state index contributed by atoms with van der Waals surface area (Å²) in [5, 5.41) is 9.35. The maximum Gasteiger partial charge on any atom is 0.251 e. The van der Waals surface area contributed by atoms with E-state index in [1.807, 2.05) is 6.92 Å². The van der Waals surface area contributed by atoms with Gasteiger partial charge in [-0.15, -0.1) is 0 Å². The number of amides is 1. The predicted molar refractivity (Wildman–Crippen MR) is 74.8 cm³/mol. The summed E-state index contributed by atoms with van der Waals surface area (Å²) in [6.45, 7) is 2.66. The van der Waals surface area contributed by atoms with E-state index in [4.69, 9.17) is 0 Å². The monoisotopic (exact) mass is 328 g/mol. The van der Waals surface area contributed by atoms with Gasteiger partial charge >= 0.3 is 0 Å². The molecule has 1 N–H and O–H groups in total. The number of hydrogen-bond acceptors (Lipinski definition) is 3. The standard InChI is InChI=1S/C13H17BrN2O3/c1-9-4-5-16(11(9)8-17)13(19)7-15-6-10(14)2-3-12(15)18/h2-3,6,9,11,17H,4-5,7-8H2,1H3. The van der Waals surface area contributed by atoms with Crippen molar-refractivity contribution >= 4 is 21.8 Å². The van der Waals surface area contributed by atoms with Crippen LogP contribution in [0, 0.1) is 5.92 Å². The molecule has 1 amide bonds. The summed E-state index contributed by atoms with van der Waals surface area (Å²) < 4.78 is 2.14. The van der Waals surface area contributed by atoms with Crippen LogP contribution < -0.4 is 5.56 Å². The third-order valence-electron chi connectivity index (χ3n) is 3.64. The number of halogens is 1. The molecule has 2 unspecified atom stereocenters. The van der Waals surface area contributed by atoms with Crippen LogP contribution in [-0.4, -0.2) is 39.7 Å². The predicted octanol–water partition coefficient (Wildman–Crippen LogP) is 0.840. The Labute approximate surface area is 120 Å². The van der Waals surface area contributed by atoms with E-state index in [1.54, 1.807) is 17.2 Å². The lowest BCUT2D eigenvalue weighted by atomic mass is 10.0. The molecular formula is C13H17BrN2O3. The van der Waals surface area contributed by atoms with Crippen molar-refractivity contribution in [2.75, 3.05) is 13.2 Å². The first kappa shape index (κ1) is 14.3. The molecule has 0 spiro atoms. The number of hydrogen-bond donors (Lipinski definition) is 1. The van der Waals surface area contributed by atoms with Gasteiger partial charge in [0.1, 0.15) is 6.54 Å². The van der Waals surface area contributed by atoms with E-state index in [1.165, 1.54) is 10.6 Å². The summed E-state index contributed by atoms with van der Waals surface area (Å²) in [7, 11) is 0. The lowest BCUT2D eigenvalue weighted by Crippen LogP contribution is -2.42. The van der Waals surface area contributed by atoms with Gasteiger partial charge in [0.25, 0.3) is 5.56 Å². The smallest absolute Gasteiger partial charge is 0.251 e. The van der Waals surface area contributed by atoms with E-state index in [0.717, 1.165) is 10.9 Å². The molecule has 0 aliphatic carbocycles. The van der Waals surface area contributed by atoms with Gasteiger partial charge in [-0.25, -0.2) is 0 Å². The molecule has 6 heteroatoms. The number of aromatic nitrogens is 1. The van der Waals surface area contributed by atoms with Crippen molar-refractivity contribution in [1.82, 2.24) is 9.47 Å². The Hall–Kier alpha value is -1.14. The molecule has 0 saturated carbocycles. The first-order valence-corrected chi connectivity index (χ1v) is 7.08. The van der Waals surface area contributed by atoms with E-state index in [2.05, 4.69) is 15.9 Å². The highest BCUT2D eigenvalue weighted by atomic mass is 79.9. The summed E-state index contributed by atoms with van der Waals surface area (Å²) in [6.07, 6.45) is 2.50. The number of rotatable bonds is 3. The van der Waals surface area contributed by atoms with Gasteiger partial charge in [0.05, 0.1) is 12.6 Å². The van der Waals surface area contributed by atoms with Crippen LogP contribution in [-0.2, 0) is 11.3 Å². The quantitative estimate of drug-likeness (QED) is 0.894. The van der Waals surface area contributed by atoms with E-state index in [0.29, 0.717) is 12.5 Å². The lowest BCUT2D eigenvalue weighted by molar-refractivity contribution is -0.133. The number of aliphatic hydroxyl groups excluding tert-OH is 1. The number of carbonyl (C=O) groups is 1. The molecule has 19 heavy (non-hydrogen) atoms. The van der Waals surface area contributed by atoms with Crippen LogP contribution in [0.1, 0.15) is 13.3 Å².